The van der Waals surface area contributed by atoms with Gasteiger partial charge in [-0.15, -0.1) is 11.3 Å². The molecule has 2 aromatic heterocycles. The van der Waals surface area contributed by atoms with Crippen molar-refractivity contribution in [3.63, 3.8) is 0 Å². The molecule has 0 radical (unpaired) electrons. The molecule has 1 aliphatic rings. The third kappa shape index (κ3) is 3.98. The summed E-state index contributed by atoms with van der Waals surface area (Å²) in [7, 11) is 0. The third-order valence-corrected chi connectivity index (χ3v) is 7.97. The number of rotatable bonds is 5. The van der Waals surface area contributed by atoms with E-state index in [1.54, 1.807) is 17.4 Å². The maximum absolute atomic E-state index is 12.4. The molecule has 0 aliphatic carbocycles. The topological polar surface area (TPSA) is 68.7 Å². The number of nitrogens with zero attached hydrogens (tertiary/aromatic N) is 1. The maximum Gasteiger partial charge on any atom is 0.336 e. The standard InChI is InChI=1S/C27H27NO4S/c1-15-8-9-22(32-17(3)18-10-12-31-13-11-18)24-20(27(29)30)14-21(28-25(15)24)26-16(2)19-6-4-5-7-23(19)33-26/h4-9,14,17-18H,10-13H2,1-3H3,(H,29,30)/t17-/m0/s1. The Morgan fingerprint density at radius 1 is 1.18 bits per heavy atom. The Labute approximate surface area is 197 Å². The predicted octanol–water partition coefficient (Wildman–Crippen LogP) is 6.63. The van der Waals surface area contributed by atoms with Crippen LogP contribution in [0.5, 0.6) is 5.75 Å². The van der Waals surface area contributed by atoms with E-state index in [2.05, 4.69) is 26.0 Å². The fourth-order valence-corrected chi connectivity index (χ4v) is 5.90. The number of pyridine rings is 1. The largest absolute Gasteiger partial charge is 0.490 e. The lowest BCUT2D eigenvalue weighted by Gasteiger charge is -2.28. The van der Waals surface area contributed by atoms with Crippen molar-refractivity contribution < 1.29 is 19.4 Å². The number of hydrogen-bond acceptors (Lipinski definition) is 5. The molecule has 170 valence electrons. The monoisotopic (exact) mass is 461 g/mol. The summed E-state index contributed by atoms with van der Waals surface area (Å²) in [4.78, 5) is 18.4. The Kier molecular flexibility index (Phi) is 5.81. The third-order valence-electron chi connectivity index (χ3n) is 6.67. The van der Waals surface area contributed by atoms with E-state index >= 15 is 0 Å². The van der Waals surface area contributed by atoms with Gasteiger partial charge in [0, 0.05) is 17.9 Å². The van der Waals surface area contributed by atoms with Gasteiger partial charge in [0.15, 0.2) is 0 Å². The molecule has 2 aromatic carbocycles. The molecular weight excluding hydrogens is 434 g/mol. The highest BCUT2D eigenvalue weighted by Crippen LogP contribution is 2.40. The highest BCUT2D eigenvalue weighted by Gasteiger charge is 2.25. The lowest BCUT2D eigenvalue weighted by atomic mass is 9.94. The quantitative estimate of drug-likeness (QED) is 0.361. The number of fused-ring (bicyclic) bond motifs is 2. The van der Waals surface area contributed by atoms with Crippen molar-refractivity contribution in [3.05, 3.63) is 59.2 Å². The summed E-state index contributed by atoms with van der Waals surface area (Å²) in [5, 5.41) is 11.9. The van der Waals surface area contributed by atoms with Gasteiger partial charge in [-0.2, -0.15) is 0 Å². The van der Waals surface area contributed by atoms with Crippen molar-refractivity contribution in [3.8, 4) is 16.3 Å². The van der Waals surface area contributed by atoms with E-state index in [1.807, 2.05) is 31.2 Å². The van der Waals surface area contributed by atoms with E-state index in [9.17, 15) is 9.90 Å². The van der Waals surface area contributed by atoms with Crippen molar-refractivity contribution in [1.29, 1.82) is 0 Å². The van der Waals surface area contributed by atoms with Gasteiger partial charge < -0.3 is 14.6 Å². The number of thiophene rings is 1. The molecule has 33 heavy (non-hydrogen) atoms. The first-order valence-corrected chi connectivity index (χ1v) is 12.2. The van der Waals surface area contributed by atoms with Crippen LogP contribution in [0, 0.1) is 19.8 Å². The number of ether oxygens (including phenoxy) is 2. The summed E-state index contributed by atoms with van der Waals surface area (Å²) in [6.45, 7) is 7.58. The van der Waals surface area contributed by atoms with E-state index in [0.717, 1.165) is 42.1 Å². The molecule has 5 nitrogen and oxygen atoms in total. The summed E-state index contributed by atoms with van der Waals surface area (Å²) < 4.78 is 13.0. The summed E-state index contributed by atoms with van der Waals surface area (Å²) in [5.74, 6) is -0.00694. The number of aryl methyl sites for hydroxylation is 2. The van der Waals surface area contributed by atoms with Gasteiger partial charge in [-0.25, -0.2) is 9.78 Å². The highest BCUT2D eigenvalue weighted by atomic mass is 32.1. The molecule has 6 heteroatoms. The van der Waals surface area contributed by atoms with Crippen molar-refractivity contribution in [2.24, 2.45) is 5.92 Å². The fourth-order valence-electron chi connectivity index (χ4n) is 4.73. The number of carboxylic acids is 1. The van der Waals surface area contributed by atoms with E-state index in [0.29, 0.717) is 28.3 Å². The molecule has 0 saturated carbocycles. The molecule has 5 rings (SSSR count). The molecule has 3 heterocycles. The van der Waals surface area contributed by atoms with E-state index in [-0.39, 0.29) is 11.7 Å². The van der Waals surface area contributed by atoms with Crippen LogP contribution in [0.25, 0.3) is 31.6 Å². The minimum atomic E-state index is -0.975. The van der Waals surface area contributed by atoms with Crippen molar-refractivity contribution in [2.75, 3.05) is 13.2 Å². The Morgan fingerprint density at radius 3 is 2.67 bits per heavy atom. The van der Waals surface area contributed by atoms with Gasteiger partial charge in [0.2, 0.25) is 0 Å². The zero-order valence-corrected chi connectivity index (χ0v) is 19.9. The van der Waals surface area contributed by atoms with Crippen LogP contribution in [0.1, 0.15) is 41.3 Å². The van der Waals surface area contributed by atoms with Gasteiger partial charge in [-0.3, -0.25) is 0 Å². The number of aromatic nitrogens is 1. The summed E-state index contributed by atoms with van der Waals surface area (Å²) >= 11 is 1.65. The van der Waals surface area contributed by atoms with Gasteiger partial charge in [0.25, 0.3) is 0 Å². The molecule has 4 aromatic rings. The average molecular weight is 462 g/mol. The van der Waals surface area contributed by atoms with E-state index in [4.69, 9.17) is 14.5 Å². The Balaban J connectivity index is 1.65. The van der Waals surface area contributed by atoms with Gasteiger partial charge >= 0.3 is 5.97 Å². The van der Waals surface area contributed by atoms with Crippen LogP contribution < -0.4 is 4.74 Å². The first kappa shape index (κ1) is 21.9. The summed E-state index contributed by atoms with van der Waals surface area (Å²) in [6.07, 6.45) is 1.86. The number of hydrogen-bond donors (Lipinski definition) is 1. The van der Waals surface area contributed by atoms with E-state index < -0.39 is 5.97 Å². The van der Waals surface area contributed by atoms with Crippen molar-refractivity contribution >= 4 is 38.3 Å². The van der Waals surface area contributed by atoms with Crippen LogP contribution in [-0.4, -0.2) is 35.4 Å². The zero-order chi connectivity index (χ0) is 23.1. The fraction of sp³-hybridized carbons (Fsp3) is 0.333. The summed E-state index contributed by atoms with van der Waals surface area (Å²) in [5.41, 5.74) is 3.65. The number of benzene rings is 2. The Bertz CT molecular complexity index is 1350. The SMILES string of the molecule is Cc1c(-c2cc(C(=O)O)c3c(O[C@@H](C)C4CCOCC4)ccc(C)c3n2)sc2ccccc12. The molecule has 0 unspecified atom stereocenters. The molecular formula is C27H27NO4S. The number of aromatic carboxylic acids is 1. The normalized spacial score (nSPS) is 15.7. The maximum atomic E-state index is 12.4. The molecule has 1 N–H and O–H groups in total. The van der Waals surface area contributed by atoms with Gasteiger partial charge in [-0.05, 0) is 74.2 Å². The van der Waals surface area contributed by atoms with Crippen LogP contribution in [-0.2, 0) is 4.74 Å². The molecule has 1 fully saturated rings. The minimum absolute atomic E-state index is 0.0361. The smallest absolute Gasteiger partial charge is 0.336 e. The van der Waals surface area contributed by atoms with E-state index in [1.165, 1.54) is 10.1 Å². The molecule has 0 bridgehead atoms. The van der Waals surface area contributed by atoms with Crippen LogP contribution in [0.15, 0.2) is 42.5 Å². The molecule has 0 spiro atoms. The minimum Gasteiger partial charge on any atom is -0.490 e. The average Bonchev–Trinajstić information content (AvgIpc) is 3.17. The van der Waals surface area contributed by atoms with Gasteiger partial charge in [-0.1, -0.05) is 24.3 Å². The second-order valence-corrected chi connectivity index (χ2v) is 9.84. The number of carboxylic acid groups (broad SMARTS) is 1. The highest BCUT2D eigenvalue weighted by molar-refractivity contribution is 7.22. The van der Waals surface area contributed by atoms with Crippen LogP contribution in [0.2, 0.25) is 0 Å². The molecule has 1 aliphatic heterocycles. The zero-order valence-electron chi connectivity index (χ0n) is 19.1. The summed E-state index contributed by atoms with van der Waals surface area (Å²) in [6, 6.07) is 13.8. The second kappa shape index (κ2) is 8.76. The second-order valence-electron chi connectivity index (χ2n) is 8.79. The first-order valence-electron chi connectivity index (χ1n) is 11.3. The van der Waals surface area contributed by atoms with Crippen molar-refractivity contribution in [1.82, 2.24) is 4.98 Å². The van der Waals surface area contributed by atoms with Crippen LogP contribution in [0.3, 0.4) is 0 Å². The van der Waals surface area contributed by atoms with Crippen LogP contribution >= 0.6 is 11.3 Å². The first-order chi connectivity index (χ1) is 15.9. The van der Waals surface area contributed by atoms with Gasteiger partial charge in [0.1, 0.15) is 5.75 Å². The van der Waals surface area contributed by atoms with Crippen LogP contribution in [0.4, 0.5) is 0 Å². The lowest BCUT2D eigenvalue weighted by molar-refractivity contribution is 0.0243. The molecule has 1 saturated heterocycles. The Morgan fingerprint density at radius 2 is 1.94 bits per heavy atom. The van der Waals surface area contributed by atoms with Crippen molar-refractivity contribution in [2.45, 2.75) is 39.7 Å². The molecule has 0 amide bonds. The Hall–Kier alpha value is -2.96. The lowest BCUT2D eigenvalue weighted by Crippen LogP contribution is -2.29. The number of carbonyl (C=O) groups is 1. The predicted molar refractivity (Wildman–Crippen MR) is 133 cm³/mol. The van der Waals surface area contributed by atoms with Gasteiger partial charge in [0.05, 0.1) is 33.1 Å². The molecule has 1 atom stereocenters.